The van der Waals surface area contributed by atoms with E-state index < -0.39 is 0 Å². The van der Waals surface area contributed by atoms with Gasteiger partial charge in [0.25, 0.3) is 0 Å². The lowest BCUT2D eigenvalue weighted by atomic mass is 10.0. The Morgan fingerprint density at radius 1 is 0.731 bits per heavy atom. The summed E-state index contributed by atoms with van der Waals surface area (Å²) < 4.78 is 0. The maximum atomic E-state index is 11.8. The van der Waals surface area contributed by atoms with Crippen LogP contribution in [0.25, 0.3) is 0 Å². The van der Waals surface area contributed by atoms with Crippen molar-refractivity contribution in [2.24, 2.45) is 5.92 Å². The van der Waals surface area contributed by atoms with Gasteiger partial charge in [-0.15, -0.1) is 0 Å². The van der Waals surface area contributed by atoms with Crippen molar-refractivity contribution in [3.8, 4) is 0 Å². The average Bonchev–Trinajstić information content (AvgIpc) is 3.17. The summed E-state index contributed by atoms with van der Waals surface area (Å²) in [5.41, 5.74) is 0. The van der Waals surface area contributed by atoms with E-state index in [4.69, 9.17) is 0 Å². The highest BCUT2D eigenvalue weighted by molar-refractivity contribution is 5.75. The van der Waals surface area contributed by atoms with Gasteiger partial charge in [-0.2, -0.15) is 0 Å². The van der Waals surface area contributed by atoms with Crippen LogP contribution >= 0.6 is 0 Å². The first-order valence-electron chi connectivity index (χ1n) is 12.1. The molecule has 1 aliphatic rings. The van der Waals surface area contributed by atoms with E-state index in [0.29, 0.717) is 0 Å². The van der Waals surface area contributed by atoms with Crippen LogP contribution in [-0.4, -0.2) is 12.5 Å². The summed E-state index contributed by atoms with van der Waals surface area (Å²) in [4.78, 5) is 11.8. The lowest BCUT2D eigenvalue weighted by Gasteiger charge is -2.09. The Kier molecular flexibility index (Phi) is 16.2. The van der Waals surface area contributed by atoms with Gasteiger partial charge in [0.05, 0.1) is 0 Å². The maximum absolute atomic E-state index is 11.8. The Bertz CT molecular complexity index is 309. The van der Waals surface area contributed by atoms with Crippen molar-refractivity contribution >= 4 is 5.91 Å². The largest absolute Gasteiger partial charge is 0.356 e. The molecule has 26 heavy (non-hydrogen) atoms. The van der Waals surface area contributed by atoms with Gasteiger partial charge in [-0.25, -0.2) is 0 Å². The zero-order valence-corrected chi connectivity index (χ0v) is 17.8. The van der Waals surface area contributed by atoms with Crippen molar-refractivity contribution in [3.05, 3.63) is 0 Å². The summed E-state index contributed by atoms with van der Waals surface area (Å²) in [6, 6.07) is 0. The van der Waals surface area contributed by atoms with Gasteiger partial charge in [-0.05, 0) is 18.8 Å². The molecule has 0 atom stereocenters. The molecule has 0 aromatic carbocycles. The van der Waals surface area contributed by atoms with Crippen molar-refractivity contribution in [1.82, 2.24) is 5.32 Å². The molecule has 0 radical (unpaired) electrons. The van der Waals surface area contributed by atoms with Gasteiger partial charge in [-0.3, -0.25) is 4.79 Å². The highest BCUT2D eigenvalue weighted by Gasteiger charge is 2.15. The quantitative estimate of drug-likeness (QED) is 0.249. The van der Waals surface area contributed by atoms with Crippen LogP contribution in [0.5, 0.6) is 0 Å². The molecule has 0 unspecified atom stereocenters. The Hall–Kier alpha value is -0.530. The number of amides is 1. The van der Waals surface area contributed by atoms with Crippen LogP contribution in [0.15, 0.2) is 0 Å². The van der Waals surface area contributed by atoms with E-state index in [1.54, 1.807) is 0 Å². The first-order chi connectivity index (χ1) is 12.8. The van der Waals surface area contributed by atoms with Gasteiger partial charge < -0.3 is 5.32 Å². The summed E-state index contributed by atoms with van der Waals surface area (Å²) in [7, 11) is 0. The molecule has 0 bridgehead atoms. The third kappa shape index (κ3) is 14.6. The van der Waals surface area contributed by atoms with Crippen LogP contribution in [0.1, 0.15) is 135 Å². The average molecular weight is 366 g/mol. The van der Waals surface area contributed by atoms with Crippen molar-refractivity contribution in [2.45, 2.75) is 135 Å². The van der Waals surface area contributed by atoms with Crippen LogP contribution < -0.4 is 5.32 Å². The lowest BCUT2D eigenvalue weighted by Crippen LogP contribution is -2.24. The van der Waals surface area contributed by atoms with Gasteiger partial charge in [0, 0.05) is 13.0 Å². The maximum Gasteiger partial charge on any atom is 0.220 e. The fraction of sp³-hybridized carbons (Fsp3) is 0.958. The number of unbranched alkanes of at least 4 members (excludes halogenated alkanes) is 13. The number of rotatable bonds is 18. The minimum atomic E-state index is 0.284. The van der Waals surface area contributed by atoms with Crippen LogP contribution in [0, 0.1) is 5.92 Å². The van der Waals surface area contributed by atoms with Crippen LogP contribution in [0.4, 0.5) is 0 Å². The van der Waals surface area contributed by atoms with Gasteiger partial charge in [0.2, 0.25) is 5.91 Å². The summed E-state index contributed by atoms with van der Waals surface area (Å²) in [5, 5.41) is 3.11. The second-order valence-corrected chi connectivity index (χ2v) is 8.64. The minimum absolute atomic E-state index is 0.284. The smallest absolute Gasteiger partial charge is 0.220 e. The van der Waals surface area contributed by atoms with Gasteiger partial charge >= 0.3 is 0 Å². The molecule has 0 heterocycles. The van der Waals surface area contributed by atoms with E-state index in [2.05, 4.69) is 12.2 Å². The molecule has 2 nitrogen and oxygen atoms in total. The Labute approximate surface area is 164 Å². The van der Waals surface area contributed by atoms with Gasteiger partial charge in [0.15, 0.2) is 0 Å². The highest BCUT2D eigenvalue weighted by Crippen LogP contribution is 2.28. The van der Waals surface area contributed by atoms with Crippen molar-refractivity contribution in [2.75, 3.05) is 6.54 Å². The molecular formula is C24H47NO. The second kappa shape index (κ2) is 17.9. The molecule has 0 saturated heterocycles. The minimum Gasteiger partial charge on any atom is -0.356 e. The van der Waals surface area contributed by atoms with Gasteiger partial charge in [-0.1, -0.05) is 116 Å². The van der Waals surface area contributed by atoms with Crippen LogP contribution in [0.3, 0.4) is 0 Å². The van der Waals surface area contributed by atoms with Gasteiger partial charge in [0.1, 0.15) is 0 Å². The molecule has 0 spiro atoms. The highest BCUT2D eigenvalue weighted by atomic mass is 16.1. The number of carbonyl (C=O) groups is 1. The first kappa shape index (κ1) is 23.5. The summed E-state index contributed by atoms with van der Waals surface area (Å²) in [5.74, 6) is 1.12. The second-order valence-electron chi connectivity index (χ2n) is 8.64. The van der Waals surface area contributed by atoms with Crippen LogP contribution in [0.2, 0.25) is 0 Å². The molecule has 0 aromatic rings. The van der Waals surface area contributed by atoms with E-state index in [1.165, 1.54) is 109 Å². The third-order valence-corrected chi connectivity index (χ3v) is 6.11. The predicted octanol–water partition coefficient (Wildman–Crippen LogP) is 7.55. The zero-order valence-electron chi connectivity index (χ0n) is 17.8. The first-order valence-corrected chi connectivity index (χ1v) is 12.1. The Morgan fingerprint density at radius 3 is 1.69 bits per heavy atom. The standard InChI is InChI=1S/C24H47NO/c1-2-3-4-5-6-7-8-9-10-11-12-13-14-17-22-25-24(26)21-20-23-18-15-16-19-23/h23H,2-22H2,1H3,(H,25,26). The van der Waals surface area contributed by atoms with E-state index in [0.717, 1.165) is 31.7 Å². The molecule has 154 valence electrons. The van der Waals surface area contributed by atoms with Crippen molar-refractivity contribution in [1.29, 1.82) is 0 Å². The third-order valence-electron chi connectivity index (χ3n) is 6.11. The Morgan fingerprint density at radius 2 is 1.19 bits per heavy atom. The summed E-state index contributed by atoms with van der Waals surface area (Å²) in [6.07, 6.45) is 26.8. The fourth-order valence-corrected chi connectivity index (χ4v) is 4.27. The van der Waals surface area contributed by atoms with Crippen molar-refractivity contribution in [3.63, 3.8) is 0 Å². The van der Waals surface area contributed by atoms with E-state index in [9.17, 15) is 4.79 Å². The van der Waals surface area contributed by atoms with Crippen molar-refractivity contribution < 1.29 is 4.79 Å². The summed E-state index contributed by atoms with van der Waals surface area (Å²) >= 11 is 0. The number of nitrogens with one attached hydrogen (secondary N) is 1. The molecule has 1 rings (SSSR count). The number of hydrogen-bond donors (Lipinski definition) is 1. The fourth-order valence-electron chi connectivity index (χ4n) is 4.27. The Balaban J connectivity index is 1.70. The molecule has 1 aliphatic carbocycles. The summed E-state index contributed by atoms with van der Waals surface area (Å²) in [6.45, 7) is 3.18. The molecule has 0 aliphatic heterocycles. The van der Waals surface area contributed by atoms with E-state index >= 15 is 0 Å². The van der Waals surface area contributed by atoms with E-state index in [-0.39, 0.29) is 5.91 Å². The lowest BCUT2D eigenvalue weighted by molar-refractivity contribution is -0.121. The molecule has 1 saturated carbocycles. The normalized spacial score (nSPS) is 14.8. The predicted molar refractivity (Wildman–Crippen MR) is 115 cm³/mol. The monoisotopic (exact) mass is 365 g/mol. The number of hydrogen-bond acceptors (Lipinski definition) is 1. The molecule has 0 aromatic heterocycles. The molecule has 2 heteroatoms. The molecule has 1 amide bonds. The van der Waals surface area contributed by atoms with E-state index in [1.807, 2.05) is 0 Å². The SMILES string of the molecule is CCCCCCCCCCCCCCCCNC(=O)CCC1CCCC1. The van der Waals surface area contributed by atoms with Crippen LogP contribution in [-0.2, 0) is 4.79 Å². The molecular weight excluding hydrogens is 318 g/mol. The topological polar surface area (TPSA) is 29.1 Å². The molecule has 1 N–H and O–H groups in total. The number of carbonyl (C=O) groups excluding carboxylic acids is 1. The molecule has 1 fully saturated rings. The zero-order chi connectivity index (χ0) is 18.7.